The fourth-order valence-corrected chi connectivity index (χ4v) is 3.84. The Bertz CT molecular complexity index is 1130. The van der Waals surface area contributed by atoms with Gasteiger partial charge in [-0.05, 0) is 43.2 Å². The van der Waals surface area contributed by atoms with Crippen molar-refractivity contribution < 1.29 is 0 Å². The summed E-state index contributed by atoms with van der Waals surface area (Å²) in [5, 5.41) is 6.87. The third kappa shape index (κ3) is 3.59. The Morgan fingerprint density at radius 1 is 0.966 bits per heavy atom. The molecule has 2 heterocycles. The van der Waals surface area contributed by atoms with Crippen LogP contribution in [0.15, 0.2) is 60.8 Å². The van der Waals surface area contributed by atoms with Crippen LogP contribution < -0.4 is 16.4 Å². The Kier molecular flexibility index (Phi) is 4.48. The van der Waals surface area contributed by atoms with E-state index in [0.717, 1.165) is 35.4 Å². The van der Waals surface area contributed by atoms with Crippen LogP contribution in [0.4, 0.5) is 23.3 Å². The Morgan fingerprint density at radius 3 is 2.59 bits per heavy atom. The number of benzene rings is 2. The second-order valence-electron chi connectivity index (χ2n) is 7.39. The fraction of sp³-hybridized carbons (Fsp3) is 0.227. The van der Waals surface area contributed by atoms with Gasteiger partial charge in [-0.15, -0.1) is 0 Å². The van der Waals surface area contributed by atoms with Crippen molar-refractivity contribution in [2.45, 2.75) is 31.7 Å². The van der Waals surface area contributed by atoms with Gasteiger partial charge in [0, 0.05) is 17.4 Å². The zero-order valence-electron chi connectivity index (χ0n) is 16.0. The molecule has 1 aliphatic rings. The molecule has 2 aromatic heterocycles. The number of aromatic nitrogens is 4. The number of nitrogens with two attached hydrogens (primary N) is 1. The van der Waals surface area contributed by atoms with E-state index in [1.807, 2.05) is 59.2 Å². The van der Waals surface area contributed by atoms with E-state index in [1.54, 1.807) is 6.20 Å². The molecule has 0 radical (unpaired) electrons. The van der Waals surface area contributed by atoms with Gasteiger partial charge >= 0.3 is 0 Å². The lowest BCUT2D eigenvalue weighted by molar-refractivity contribution is 0.745. The third-order valence-electron chi connectivity index (χ3n) is 5.25. The molecule has 5 rings (SSSR count). The number of imidazole rings is 1. The van der Waals surface area contributed by atoms with Crippen molar-refractivity contribution in [2.24, 2.45) is 0 Å². The number of para-hydroxylation sites is 1. The minimum atomic E-state index is 0.443. The number of hydrogen-bond donors (Lipinski definition) is 3. The van der Waals surface area contributed by atoms with E-state index in [0.29, 0.717) is 23.6 Å². The molecule has 1 fully saturated rings. The number of fused-ring (bicyclic) bond motifs is 1. The molecule has 7 heteroatoms. The van der Waals surface area contributed by atoms with Crippen LogP contribution in [0.5, 0.6) is 0 Å². The second-order valence-corrected chi connectivity index (χ2v) is 7.39. The fourth-order valence-electron chi connectivity index (χ4n) is 3.84. The van der Waals surface area contributed by atoms with Crippen molar-refractivity contribution in [3.8, 4) is 5.69 Å². The van der Waals surface area contributed by atoms with Gasteiger partial charge in [0.25, 0.3) is 0 Å². The quantitative estimate of drug-likeness (QED) is 0.438. The molecule has 146 valence electrons. The highest BCUT2D eigenvalue weighted by molar-refractivity contribution is 5.79. The predicted molar refractivity (Wildman–Crippen MR) is 117 cm³/mol. The Morgan fingerprint density at radius 2 is 1.79 bits per heavy atom. The lowest BCUT2D eigenvalue weighted by atomic mass is 10.2. The van der Waals surface area contributed by atoms with E-state index in [4.69, 9.17) is 15.7 Å². The summed E-state index contributed by atoms with van der Waals surface area (Å²) in [6, 6.07) is 18.1. The van der Waals surface area contributed by atoms with E-state index in [2.05, 4.69) is 15.6 Å². The summed E-state index contributed by atoms with van der Waals surface area (Å²) in [6.45, 7) is 0. The van der Waals surface area contributed by atoms with Gasteiger partial charge in [0.2, 0.25) is 11.9 Å². The highest BCUT2D eigenvalue weighted by atomic mass is 15.3. The zero-order valence-corrected chi connectivity index (χ0v) is 16.0. The van der Waals surface area contributed by atoms with Crippen molar-refractivity contribution in [3.63, 3.8) is 0 Å². The van der Waals surface area contributed by atoms with Crippen LogP contribution >= 0.6 is 0 Å². The normalized spacial score (nSPS) is 14.3. The molecule has 0 atom stereocenters. The van der Waals surface area contributed by atoms with Gasteiger partial charge in [-0.1, -0.05) is 37.1 Å². The number of nitrogens with one attached hydrogen (secondary N) is 2. The molecule has 0 spiro atoms. The van der Waals surface area contributed by atoms with E-state index in [1.165, 1.54) is 12.8 Å². The SMILES string of the molecule is Nc1cccc(-n2c(Nc3ccccc3)nc3cnc(NC4CCCC4)nc32)c1. The minimum absolute atomic E-state index is 0.443. The first kappa shape index (κ1) is 17.5. The molecule has 7 nitrogen and oxygen atoms in total. The number of rotatable bonds is 5. The maximum atomic E-state index is 6.05. The van der Waals surface area contributed by atoms with Gasteiger partial charge in [0.15, 0.2) is 5.65 Å². The molecular formula is C22H23N7. The van der Waals surface area contributed by atoms with Gasteiger partial charge < -0.3 is 16.4 Å². The molecule has 0 bridgehead atoms. The average molecular weight is 385 g/mol. The maximum Gasteiger partial charge on any atom is 0.224 e. The van der Waals surface area contributed by atoms with Gasteiger partial charge in [-0.2, -0.15) is 4.98 Å². The smallest absolute Gasteiger partial charge is 0.224 e. The van der Waals surface area contributed by atoms with Gasteiger partial charge in [-0.3, -0.25) is 4.57 Å². The van der Waals surface area contributed by atoms with Crippen LogP contribution in [-0.4, -0.2) is 25.6 Å². The van der Waals surface area contributed by atoms with E-state index >= 15 is 0 Å². The van der Waals surface area contributed by atoms with Crippen LogP contribution in [0.3, 0.4) is 0 Å². The zero-order chi connectivity index (χ0) is 19.6. The summed E-state index contributed by atoms with van der Waals surface area (Å²) >= 11 is 0. The first-order chi connectivity index (χ1) is 14.3. The minimum Gasteiger partial charge on any atom is -0.399 e. The maximum absolute atomic E-state index is 6.05. The number of anilines is 4. The molecule has 0 unspecified atom stereocenters. The van der Waals surface area contributed by atoms with Crippen molar-refractivity contribution >= 4 is 34.4 Å². The van der Waals surface area contributed by atoms with Crippen LogP contribution in [0.2, 0.25) is 0 Å². The Hall–Kier alpha value is -3.61. The number of nitrogen functional groups attached to an aromatic ring is 1. The highest BCUT2D eigenvalue weighted by Crippen LogP contribution is 2.28. The lowest BCUT2D eigenvalue weighted by Gasteiger charge is -2.13. The molecule has 0 aliphatic heterocycles. The van der Waals surface area contributed by atoms with Crippen molar-refractivity contribution in [1.29, 1.82) is 0 Å². The van der Waals surface area contributed by atoms with Gasteiger partial charge in [0.05, 0.1) is 11.9 Å². The Balaban J connectivity index is 1.61. The van der Waals surface area contributed by atoms with E-state index in [9.17, 15) is 0 Å². The van der Waals surface area contributed by atoms with Crippen LogP contribution in [0.25, 0.3) is 16.9 Å². The van der Waals surface area contributed by atoms with Gasteiger partial charge in [0.1, 0.15) is 5.52 Å². The van der Waals surface area contributed by atoms with Gasteiger partial charge in [-0.25, -0.2) is 9.97 Å². The Labute approximate surface area is 169 Å². The molecule has 0 amide bonds. The molecule has 1 saturated carbocycles. The molecular weight excluding hydrogens is 362 g/mol. The summed E-state index contributed by atoms with van der Waals surface area (Å²) in [6.07, 6.45) is 6.62. The molecule has 4 N–H and O–H groups in total. The highest BCUT2D eigenvalue weighted by Gasteiger charge is 2.19. The van der Waals surface area contributed by atoms with E-state index < -0.39 is 0 Å². The monoisotopic (exact) mass is 385 g/mol. The lowest BCUT2D eigenvalue weighted by Crippen LogP contribution is -2.16. The molecule has 2 aromatic carbocycles. The van der Waals surface area contributed by atoms with Crippen molar-refractivity contribution in [2.75, 3.05) is 16.4 Å². The summed E-state index contributed by atoms with van der Waals surface area (Å²) in [7, 11) is 0. The van der Waals surface area contributed by atoms with Crippen LogP contribution in [-0.2, 0) is 0 Å². The average Bonchev–Trinajstić information content (AvgIpc) is 3.36. The molecule has 1 aliphatic carbocycles. The van der Waals surface area contributed by atoms with Crippen molar-refractivity contribution in [1.82, 2.24) is 19.5 Å². The summed E-state index contributed by atoms with van der Waals surface area (Å²) in [4.78, 5) is 14.0. The summed E-state index contributed by atoms with van der Waals surface area (Å²) in [5.41, 5.74) is 10.1. The molecule has 0 saturated heterocycles. The topological polar surface area (TPSA) is 93.7 Å². The standard InChI is InChI=1S/C22H23N7/c23-15-7-6-12-18(13-15)29-20-19(27-22(29)26-17-8-2-1-3-9-17)14-24-21(28-20)25-16-10-4-5-11-16/h1-3,6-9,12-14,16H,4-5,10-11,23H2,(H,26,27)(H,24,25,28). The van der Waals surface area contributed by atoms with Crippen LogP contribution in [0, 0.1) is 0 Å². The number of nitrogens with zero attached hydrogens (tertiary/aromatic N) is 4. The first-order valence-corrected chi connectivity index (χ1v) is 9.96. The predicted octanol–water partition coefficient (Wildman–Crippen LogP) is 4.50. The molecule has 4 aromatic rings. The summed E-state index contributed by atoms with van der Waals surface area (Å²) < 4.78 is 1.99. The first-order valence-electron chi connectivity index (χ1n) is 9.96. The van der Waals surface area contributed by atoms with E-state index in [-0.39, 0.29) is 0 Å². The van der Waals surface area contributed by atoms with Crippen LogP contribution in [0.1, 0.15) is 25.7 Å². The largest absolute Gasteiger partial charge is 0.399 e. The second kappa shape index (κ2) is 7.43. The molecule has 29 heavy (non-hydrogen) atoms. The third-order valence-corrected chi connectivity index (χ3v) is 5.25. The number of hydrogen-bond acceptors (Lipinski definition) is 6. The van der Waals surface area contributed by atoms with Crippen molar-refractivity contribution in [3.05, 3.63) is 60.8 Å². The summed E-state index contributed by atoms with van der Waals surface area (Å²) in [5.74, 6) is 1.31.